The van der Waals surface area contributed by atoms with Crippen molar-refractivity contribution in [3.63, 3.8) is 0 Å². The van der Waals surface area contributed by atoms with Gasteiger partial charge in [-0.3, -0.25) is 4.90 Å². The normalized spacial score (nSPS) is 16.9. The molecule has 1 aliphatic carbocycles. The molecule has 0 atom stereocenters. The molecule has 0 aliphatic heterocycles. The molecular formula is C29H34N6O2. The summed E-state index contributed by atoms with van der Waals surface area (Å²) < 4.78 is 5.11. The number of benzene rings is 2. The lowest BCUT2D eigenvalue weighted by Gasteiger charge is -2.37. The van der Waals surface area contributed by atoms with Crippen LogP contribution in [-0.2, 0) is 11.3 Å². The Labute approximate surface area is 218 Å². The highest BCUT2D eigenvalue weighted by Crippen LogP contribution is 2.30. The summed E-state index contributed by atoms with van der Waals surface area (Å²) in [5.41, 5.74) is 3.49. The van der Waals surface area contributed by atoms with E-state index in [1.807, 2.05) is 65.6 Å². The highest BCUT2D eigenvalue weighted by Gasteiger charge is 2.30. The zero-order valence-electron chi connectivity index (χ0n) is 21.2. The van der Waals surface area contributed by atoms with E-state index in [1.165, 1.54) is 0 Å². The average Bonchev–Trinajstić information content (AvgIpc) is 2.95. The minimum absolute atomic E-state index is 0.0888. The molecule has 8 nitrogen and oxygen atoms in total. The molecule has 0 spiro atoms. The number of hydrogen-bond acceptors (Lipinski definition) is 6. The van der Waals surface area contributed by atoms with Gasteiger partial charge in [0, 0.05) is 49.9 Å². The SMILES string of the molecule is COCCNc1ccc(N(C(=O)NCc2ccccc2)C2CCC(Nc3ccc(C#N)cn3)CC2)cc1. The molecule has 2 amide bonds. The molecule has 1 fully saturated rings. The number of nitriles is 1. The molecule has 0 saturated heterocycles. The third-order valence-electron chi connectivity index (χ3n) is 6.59. The molecule has 3 aromatic rings. The Balaban J connectivity index is 1.42. The highest BCUT2D eigenvalue weighted by molar-refractivity contribution is 5.92. The van der Waals surface area contributed by atoms with Gasteiger partial charge in [0.2, 0.25) is 0 Å². The summed E-state index contributed by atoms with van der Waals surface area (Å²) in [7, 11) is 1.68. The number of aromatic nitrogens is 1. The molecule has 1 aromatic heterocycles. The van der Waals surface area contributed by atoms with Gasteiger partial charge in [-0.15, -0.1) is 0 Å². The molecule has 37 heavy (non-hydrogen) atoms. The lowest BCUT2D eigenvalue weighted by molar-refractivity contribution is 0.211. The summed E-state index contributed by atoms with van der Waals surface area (Å²) in [5, 5.41) is 18.9. The van der Waals surface area contributed by atoms with Crippen LogP contribution in [0, 0.1) is 11.3 Å². The summed E-state index contributed by atoms with van der Waals surface area (Å²) in [6, 6.07) is 24.0. The summed E-state index contributed by atoms with van der Waals surface area (Å²) in [6.07, 6.45) is 5.18. The lowest BCUT2D eigenvalue weighted by Crippen LogP contribution is -2.48. The predicted molar refractivity (Wildman–Crippen MR) is 147 cm³/mol. The quantitative estimate of drug-likeness (QED) is 0.334. The first-order valence-corrected chi connectivity index (χ1v) is 12.7. The van der Waals surface area contributed by atoms with Crippen LogP contribution >= 0.6 is 0 Å². The molecule has 3 N–H and O–H groups in total. The van der Waals surface area contributed by atoms with Gasteiger partial charge < -0.3 is 20.7 Å². The molecule has 1 aliphatic rings. The first-order valence-electron chi connectivity index (χ1n) is 12.7. The van der Waals surface area contributed by atoms with Crippen LogP contribution < -0.4 is 20.9 Å². The van der Waals surface area contributed by atoms with Crippen LogP contribution in [0.2, 0.25) is 0 Å². The third kappa shape index (κ3) is 7.45. The van der Waals surface area contributed by atoms with Gasteiger partial charge in [-0.25, -0.2) is 9.78 Å². The number of hydrogen-bond donors (Lipinski definition) is 3. The number of pyridine rings is 1. The number of nitrogens with one attached hydrogen (secondary N) is 3. The summed E-state index contributed by atoms with van der Waals surface area (Å²) in [4.78, 5) is 19.7. The van der Waals surface area contributed by atoms with Gasteiger partial charge in [0.15, 0.2) is 0 Å². The summed E-state index contributed by atoms with van der Waals surface area (Å²) in [5.74, 6) is 0.775. The van der Waals surface area contributed by atoms with Crippen molar-refractivity contribution in [3.05, 3.63) is 84.1 Å². The molecular weight excluding hydrogens is 464 g/mol. The Bertz CT molecular complexity index is 1150. The van der Waals surface area contributed by atoms with Crippen LogP contribution in [0.5, 0.6) is 0 Å². The van der Waals surface area contributed by atoms with E-state index in [0.29, 0.717) is 18.7 Å². The number of amides is 2. The third-order valence-corrected chi connectivity index (χ3v) is 6.59. The van der Waals surface area contributed by atoms with Gasteiger partial charge in [-0.2, -0.15) is 5.26 Å². The molecule has 0 bridgehead atoms. The second kappa shape index (κ2) is 13.3. The van der Waals surface area contributed by atoms with Crippen molar-refractivity contribution in [3.8, 4) is 6.07 Å². The zero-order valence-corrected chi connectivity index (χ0v) is 21.2. The Kier molecular flexibility index (Phi) is 9.33. The maximum Gasteiger partial charge on any atom is 0.322 e. The topological polar surface area (TPSA) is 102 Å². The summed E-state index contributed by atoms with van der Waals surface area (Å²) in [6.45, 7) is 1.83. The van der Waals surface area contributed by atoms with E-state index < -0.39 is 0 Å². The van der Waals surface area contributed by atoms with Gasteiger partial charge >= 0.3 is 6.03 Å². The van der Waals surface area contributed by atoms with Gasteiger partial charge in [-0.1, -0.05) is 30.3 Å². The fourth-order valence-corrected chi connectivity index (χ4v) is 4.62. The molecule has 192 valence electrons. The Morgan fingerprint density at radius 3 is 2.46 bits per heavy atom. The number of carbonyl (C=O) groups excluding carboxylic acids is 1. The first-order chi connectivity index (χ1) is 18.2. The van der Waals surface area contributed by atoms with Gasteiger partial charge in [0.25, 0.3) is 0 Å². The number of urea groups is 1. The largest absolute Gasteiger partial charge is 0.383 e. The van der Waals surface area contributed by atoms with Crippen LogP contribution in [0.1, 0.15) is 36.8 Å². The molecule has 1 heterocycles. The maximum atomic E-state index is 13.5. The molecule has 0 unspecified atom stereocenters. The van der Waals surface area contributed by atoms with E-state index >= 15 is 0 Å². The standard InChI is InChI=1S/C29H34N6O2/c1-37-18-17-31-24-8-12-26(13-9-24)35(29(36)33-20-22-5-3-2-4-6-22)27-14-10-25(11-15-27)34-28-16-7-23(19-30)21-32-28/h2-9,12-13,16,21,25,27,31H,10-11,14-15,17-18,20H2,1H3,(H,32,34)(H,33,36). The molecule has 0 radical (unpaired) electrons. The van der Waals surface area contributed by atoms with E-state index in [0.717, 1.165) is 55.0 Å². The van der Waals surface area contributed by atoms with Crippen LogP contribution in [0.15, 0.2) is 72.9 Å². The minimum atomic E-state index is -0.0888. The second-order valence-electron chi connectivity index (χ2n) is 9.17. The van der Waals surface area contributed by atoms with Crippen molar-refractivity contribution in [2.24, 2.45) is 0 Å². The Morgan fingerprint density at radius 2 is 1.81 bits per heavy atom. The van der Waals surface area contributed by atoms with Gasteiger partial charge in [0.1, 0.15) is 11.9 Å². The van der Waals surface area contributed by atoms with Crippen molar-refractivity contribution in [2.75, 3.05) is 35.8 Å². The first kappa shape index (κ1) is 26.0. The molecule has 1 saturated carbocycles. The number of nitrogens with zero attached hydrogens (tertiary/aromatic N) is 3. The average molecular weight is 499 g/mol. The van der Waals surface area contributed by atoms with Crippen LogP contribution in [-0.4, -0.2) is 43.4 Å². The van der Waals surface area contributed by atoms with E-state index in [1.54, 1.807) is 19.4 Å². The smallest absolute Gasteiger partial charge is 0.322 e. The van der Waals surface area contributed by atoms with E-state index in [-0.39, 0.29) is 18.1 Å². The fraction of sp³-hybridized carbons (Fsp3) is 0.345. The van der Waals surface area contributed by atoms with E-state index in [9.17, 15) is 4.79 Å². The van der Waals surface area contributed by atoms with Crippen molar-refractivity contribution in [2.45, 2.75) is 44.3 Å². The monoisotopic (exact) mass is 498 g/mol. The fourth-order valence-electron chi connectivity index (χ4n) is 4.62. The van der Waals surface area contributed by atoms with Crippen LogP contribution in [0.25, 0.3) is 0 Å². The minimum Gasteiger partial charge on any atom is -0.383 e. The lowest BCUT2D eigenvalue weighted by atomic mass is 9.90. The van der Waals surface area contributed by atoms with Crippen molar-refractivity contribution >= 4 is 23.2 Å². The van der Waals surface area contributed by atoms with Crippen molar-refractivity contribution in [1.29, 1.82) is 5.26 Å². The molecule has 2 aromatic carbocycles. The van der Waals surface area contributed by atoms with Gasteiger partial charge in [-0.05, 0) is 67.6 Å². The second-order valence-corrected chi connectivity index (χ2v) is 9.17. The number of anilines is 3. The zero-order chi connectivity index (χ0) is 25.9. The van der Waals surface area contributed by atoms with E-state index in [4.69, 9.17) is 10.00 Å². The van der Waals surface area contributed by atoms with Gasteiger partial charge in [0.05, 0.1) is 12.2 Å². The molecule has 8 heteroatoms. The number of methoxy groups -OCH3 is 1. The number of carbonyl (C=O) groups is 1. The number of ether oxygens (including phenoxy) is 1. The number of rotatable bonds is 10. The highest BCUT2D eigenvalue weighted by atomic mass is 16.5. The Morgan fingerprint density at radius 1 is 1.05 bits per heavy atom. The summed E-state index contributed by atoms with van der Waals surface area (Å²) >= 11 is 0. The van der Waals surface area contributed by atoms with Crippen molar-refractivity contribution in [1.82, 2.24) is 10.3 Å². The predicted octanol–water partition coefficient (Wildman–Crippen LogP) is 5.15. The maximum absolute atomic E-state index is 13.5. The van der Waals surface area contributed by atoms with E-state index in [2.05, 4.69) is 27.0 Å². The Hall–Kier alpha value is -4.09. The van der Waals surface area contributed by atoms with Crippen LogP contribution in [0.3, 0.4) is 0 Å². The molecule has 4 rings (SSSR count). The van der Waals surface area contributed by atoms with Crippen LogP contribution in [0.4, 0.5) is 22.0 Å². The van der Waals surface area contributed by atoms with Crippen molar-refractivity contribution < 1.29 is 9.53 Å².